The van der Waals surface area contributed by atoms with Gasteiger partial charge in [-0.25, -0.2) is 4.79 Å². The molecule has 0 aliphatic carbocycles. The average Bonchev–Trinajstić information content (AvgIpc) is 3.29. The van der Waals surface area contributed by atoms with Crippen molar-refractivity contribution >= 4 is 35.0 Å². The predicted molar refractivity (Wildman–Crippen MR) is 121 cm³/mol. The quantitative estimate of drug-likeness (QED) is 0.641. The van der Waals surface area contributed by atoms with Crippen LogP contribution in [0.5, 0.6) is 0 Å². The lowest BCUT2D eigenvalue weighted by Gasteiger charge is -2.32. The van der Waals surface area contributed by atoms with Crippen LogP contribution in [-0.4, -0.2) is 61.1 Å². The minimum atomic E-state index is -0.626. The van der Waals surface area contributed by atoms with Crippen LogP contribution in [0.4, 0.5) is 0 Å². The molecule has 31 heavy (non-hydrogen) atoms. The molecule has 0 spiro atoms. The van der Waals surface area contributed by atoms with Crippen molar-refractivity contribution in [3.8, 4) is 0 Å². The Morgan fingerprint density at radius 1 is 1.29 bits per heavy atom. The van der Waals surface area contributed by atoms with Crippen molar-refractivity contribution in [2.45, 2.75) is 13.0 Å². The number of ether oxygens (including phenoxy) is 2. The number of nitrogens with zero attached hydrogens (tertiary/aromatic N) is 2. The van der Waals surface area contributed by atoms with Gasteiger partial charge < -0.3 is 19.8 Å². The molecule has 0 radical (unpaired) electrons. The van der Waals surface area contributed by atoms with Crippen molar-refractivity contribution in [2.24, 2.45) is 4.99 Å². The highest BCUT2D eigenvalue weighted by atomic mass is 35.5. The van der Waals surface area contributed by atoms with E-state index in [2.05, 4.69) is 15.2 Å². The maximum atomic E-state index is 13.1. The summed E-state index contributed by atoms with van der Waals surface area (Å²) in [7, 11) is 0. The number of aromatic amines is 1. The number of benzene rings is 1. The molecule has 1 saturated heterocycles. The first kappa shape index (κ1) is 21.9. The molecule has 9 heteroatoms. The van der Waals surface area contributed by atoms with Gasteiger partial charge in [0.25, 0.3) is 0 Å². The molecule has 2 aliphatic heterocycles. The van der Waals surface area contributed by atoms with Crippen molar-refractivity contribution < 1.29 is 14.3 Å². The van der Waals surface area contributed by atoms with Gasteiger partial charge in [0.1, 0.15) is 11.9 Å². The zero-order valence-corrected chi connectivity index (χ0v) is 18.7. The molecule has 1 aromatic carbocycles. The molecule has 3 heterocycles. The highest BCUT2D eigenvalue weighted by Gasteiger charge is 2.34. The fourth-order valence-electron chi connectivity index (χ4n) is 3.72. The Hall–Kier alpha value is -2.32. The van der Waals surface area contributed by atoms with Gasteiger partial charge in [0.2, 0.25) is 0 Å². The largest absolute Gasteiger partial charge is 0.463 e. The molecule has 164 valence electrons. The van der Waals surface area contributed by atoms with Crippen LogP contribution >= 0.6 is 23.2 Å². The first-order valence-corrected chi connectivity index (χ1v) is 11.0. The van der Waals surface area contributed by atoms with Gasteiger partial charge >= 0.3 is 5.97 Å². The molecule has 1 atom stereocenters. The van der Waals surface area contributed by atoms with Gasteiger partial charge in [0.15, 0.2) is 0 Å². The van der Waals surface area contributed by atoms with Crippen molar-refractivity contribution in [2.75, 3.05) is 39.5 Å². The van der Waals surface area contributed by atoms with E-state index in [9.17, 15) is 4.79 Å². The highest BCUT2D eigenvalue weighted by molar-refractivity contribution is 6.35. The number of hydrogen-bond acceptors (Lipinski definition) is 6. The Balaban J connectivity index is 1.81. The summed E-state index contributed by atoms with van der Waals surface area (Å²) >= 11 is 12.7. The summed E-state index contributed by atoms with van der Waals surface area (Å²) in [4.78, 5) is 23.4. The summed E-state index contributed by atoms with van der Waals surface area (Å²) in [5.41, 5.74) is 2.71. The molecule has 1 unspecified atom stereocenters. The molecule has 1 fully saturated rings. The molecule has 0 saturated carbocycles. The number of nitrogens with one attached hydrogen (secondary N) is 2. The van der Waals surface area contributed by atoms with E-state index in [0.29, 0.717) is 46.8 Å². The van der Waals surface area contributed by atoms with Crippen molar-refractivity contribution in [3.05, 3.63) is 69.1 Å². The highest BCUT2D eigenvalue weighted by Crippen LogP contribution is 2.37. The summed E-state index contributed by atoms with van der Waals surface area (Å²) in [6, 6.07) is 8.42. The number of H-pyrrole nitrogens is 1. The fraction of sp³-hybridized carbons (Fsp3) is 0.364. The smallest absolute Gasteiger partial charge is 0.338 e. The van der Waals surface area contributed by atoms with Gasteiger partial charge in [-0.1, -0.05) is 29.3 Å². The number of rotatable bonds is 6. The minimum Gasteiger partial charge on any atom is -0.463 e. The Labute approximate surface area is 191 Å². The van der Waals surface area contributed by atoms with E-state index in [4.69, 9.17) is 37.7 Å². The molecule has 2 aliphatic rings. The summed E-state index contributed by atoms with van der Waals surface area (Å²) in [5, 5.41) is 4.33. The summed E-state index contributed by atoms with van der Waals surface area (Å²) in [6.45, 7) is 5.47. The molecular formula is C22H24Cl2N4O3. The van der Waals surface area contributed by atoms with E-state index in [1.54, 1.807) is 19.1 Å². The monoisotopic (exact) mass is 462 g/mol. The molecule has 4 rings (SSSR count). The summed E-state index contributed by atoms with van der Waals surface area (Å²) < 4.78 is 10.9. The maximum absolute atomic E-state index is 13.1. The number of aliphatic imine (C=N–C) groups is 1. The van der Waals surface area contributed by atoms with E-state index >= 15 is 0 Å². The van der Waals surface area contributed by atoms with Gasteiger partial charge in [-0.15, -0.1) is 0 Å². The fourth-order valence-corrected chi connectivity index (χ4v) is 4.23. The number of halogens is 2. The van der Waals surface area contributed by atoms with Gasteiger partial charge in [0, 0.05) is 47.1 Å². The van der Waals surface area contributed by atoms with Crippen LogP contribution < -0.4 is 5.32 Å². The molecule has 0 amide bonds. The number of hydrogen-bond donors (Lipinski definition) is 2. The second-order valence-electron chi connectivity index (χ2n) is 7.26. The molecule has 2 N–H and O–H groups in total. The van der Waals surface area contributed by atoms with Gasteiger partial charge in [-0.3, -0.25) is 9.89 Å². The molecule has 2 aromatic rings. The van der Waals surface area contributed by atoms with E-state index in [1.165, 1.54) is 0 Å². The zero-order chi connectivity index (χ0) is 21.8. The van der Waals surface area contributed by atoms with Crippen LogP contribution in [0, 0.1) is 0 Å². The first-order chi connectivity index (χ1) is 15.1. The minimum absolute atomic E-state index is 0.265. The van der Waals surface area contributed by atoms with Crippen LogP contribution in [0.1, 0.15) is 24.2 Å². The molecular weight excluding hydrogens is 439 g/mol. The standard InChI is InChI=1S/C22H24Cl2N4O3/c1-2-31-22(29)19-18(13-28-8-10-30-11-9-28)26-21(17-4-3-7-25-17)27-20(19)15-6-5-14(23)12-16(15)24/h3-7,12,20,25H,2,8-11,13H2,1H3,(H,26,27). The molecule has 1 aromatic heterocycles. The van der Waals surface area contributed by atoms with Crippen LogP contribution in [0.15, 0.2) is 52.8 Å². The number of carbonyl (C=O) groups excluding carboxylic acids is 1. The summed E-state index contributed by atoms with van der Waals surface area (Å²) in [5.74, 6) is 0.223. The number of aromatic nitrogens is 1. The number of amidine groups is 1. The predicted octanol–water partition coefficient (Wildman–Crippen LogP) is 3.56. The Morgan fingerprint density at radius 3 is 2.77 bits per heavy atom. The zero-order valence-electron chi connectivity index (χ0n) is 17.2. The number of carbonyl (C=O) groups is 1. The van der Waals surface area contributed by atoms with E-state index in [-0.39, 0.29) is 6.61 Å². The van der Waals surface area contributed by atoms with Gasteiger partial charge in [-0.2, -0.15) is 0 Å². The third-order valence-electron chi connectivity index (χ3n) is 5.22. The summed E-state index contributed by atoms with van der Waals surface area (Å²) in [6.07, 6.45) is 1.83. The second kappa shape index (κ2) is 9.87. The maximum Gasteiger partial charge on any atom is 0.338 e. The lowest BCUT2D eigenvalue weighted by Crippen LogP contribution is -2.43. The van der Waals surface area contributed by atoms with Crippen LogP contribution in [0.2, 0.25) is 10.0 Å². The van der Waals surface area contributed by atoms with E-state index in [0.717, 1.165) is 24.5 Å². The van der Waals surface area contributed by atoms with E-state index in [1.807, 2.05) is 24.4 Å². The van der Waals surface area contributed by atoms with Gasteiger partial charge in [0.05, 0.1) is 31.1 Å². The van der Waals surface area contributed by atoms with Gasteiger partial charge in [-0.05, 0) is 31.2 Å². The third-order valence-corrected chi connectivity index (χ3v) is 5.78. The molecule has 0 bridgehead atoms. The first-order valence-electron chi connectivity index (χ1n) is 10.2. The average molecular weight is 463 g/mol. The van der Waals surface area contributed by atoms with Crippen molar-refractivity contribution in [1.29, 1.82) is 0 Å². The Morgan fingerprint density at radius 2 is 2.10 bits per heavy atom. The van der Waals surface area contributed by atoms with Crippen LogP contribution in [-0.2, 0) is 14.3 Å². The normalized spacial score (nSPS) is 19.7. The van der Waals surface area contributed by atoms with Crippen molar-refractivity contribution in [3.63, 3.8) is 0 Å². The van der Waals surface area contributed by atoms with Crippen LogP contribution in [0.3, 0.4) is 0 Å². The van der Waals surface area contributed by atoms with Crippen LogP contribution in [0.25, 0.3) is 0 Å². The number of esters is 1. The second-order valence-corrected chi connectivity index (χ2v) is 8.10. The topological polar surface area (TPSA) is 79.0 Å². The number of morpholine rings is 1. The van der Waals surface area contributed by atoms with E-state index < -0.39 is 12.0 Å². The Kier molecular flexibility index (Phi) is 6.97. The SMILES string of the molecule is CCOC(=O)C1=C(CN2CCOCC2)NC(c2ccc[nH]2)=NC1c1ccc(Cl)cc1Cl. The lowest BCUT2D eigenvalue weighted by molar-refractivity contribution is -0.139. The third kappa shape index (κ3) is 4.96. The Bertz CT molecular complexity index is 998. The van der Waals surface area contributed by atoms with Crippen molar-refractivity contribution in [1.82, 2.24) is 15.2 Å². The molecule has 7 nitrogen and oxygen atoms in total. The lowest BCUT2D eigenvalue weighted by atomic mass is 9.95.